The third-order valence-corrected chi connectivity index (χ3v) is 13.4. The number of aromatic nitrogens is 2. The molecule has 0 fully saturated rings. The van der Waals surface area contributed by atoms with E-state index >= 15 is 0 Å². The number of hydrogen-bond acceptors (Lipinski definition) is 4. The molecule has 60 heavy (non-hydrogen) atoms. The Balaban J connectivity index is 1.21. The number of phenols is 1. The molecule has 2 aromatic heterocycles. The Kier molecular flexibility index (Phi) is 10.4. The number of benzene rings is 6. The molecule has 6 aromatic carbocycles. The maximum absolute atomic E-state index is 12.0. The minimum Gasteiger partial charge on any atom is -0.507 e. The van der Waals surface area contributed by atoms with Crippen molar-refractivity contribution in [1.29, 1.82) is 0 Å². The first-order valence-corrected chi connectivity index (χ1v) is 21.9. The van der Waals surface area contributed by atoms with Gasteiger partial charge in [0, 0.05) is 33.7 Å². The Morgan fingerprint density at radius 1 is 0.450 bits per heavy atom. The fourth-order valence-corrected chi connectivity index (χ4v) is 9.29. The van der Waals surface area contributed by atoms with E-state index in [0.717, 1.165) is 65.4 Å². The van der Waals surface area contributed by atoms with Gasteiger partial charge in [-0.25, -0.2) is 4.98 Å². The van der Waals surface area contributed by atoms with Gasteiger partial charge in [0.2, 0.25) is 0 Å². The molecule has 0 atom stereocenters. The quantitative estimate of drug-likeness (QED) is 0.166. The largest absolute Gasteiger partial charge is 0.507 e. The number of para-hydroxylation sites is 1. The highest BCUT2D eigenvalue weighted by Crippen LogP contribution is 2.47. The van der Waals surface area contributed by atoms with Crippen molar-refractivity contribution >= 4 is 21.6 Å². The summed E-state index contributed by atoms with van der Waals surface area (Å²) in [6.45, 7) is 22.4. The summed E-state index contributed by atoms with van der Waals surface area (Å²) >= 11 is 1.64. The maximum atomic E-state index is 12.0. The fraction of sp³-hybridized carbons (Fsp3) is 0.250. The van der Waals surface area contributed by atoms with Crippen molar-refractivity contribution in [2.75, 3.05) is 0 Å². The van der Waals surface area contributed by atoms with Crippen LogP contribution >= 0.6 is 11.3 Å². The highest BCUT2D eigenvalue weighted by Gasteiger charge is 2.30. The Bertz CT molecular complexity index is 2820. The van der Waals surface area contributed by atoms with Gasteiger partial charge in [0.05, 0.1) is 21.5 Å². The van der Waals surface area contributed by atoms with E-state index in [-0.39, 0.29) is 21.7 Å². The molecule has 2 heterocycles. The van der Waals surface area contributed by atoms with Crippen LogP contribution in [0.15, 0.2) is 152 Å². The summed E-state index contributed by atoms with van der Waals surface area (Å²) in [7, 11) is 0. The Hall–Kier alpha value is -5.84. The molecule has 302 valence electrons. The molecule has 0 aliphatic heterocycles. The topological polar surface area (TPSA) is 46.0 Å². The van der Waals surface area contributed by atoms with Gasteiger partial charge in [0.15, 0.2) is 0 Å². The Labute approximate surface area is 360 Å². The highest BCUT2D eigenvalue weighted by atomic mass is 32.1. The number of aromatic hydroxyl groups is 1. The van der Waals surface area contributed by atoms with Crippen LogP contribution in [0, 0.1) is 0 Å². The summed E-state index contributed by atoms with van der Waals surface area (Å²) in [6.07, 6.45) is 1.93. The molecule has 0 saturated heterocycles. The molecule has 8 rings (SSSR count). The summed E-state index contributed by atoms with van der Waals surface area (Å²) in [6, 6.07) is 52.3. The number of rotatable bonds is 8. The zero-order valence-electron chi connectivity index (χ0n) is 36.7. The fourth-order valence-electron chi connectivity index (χ4n) is 8.28. The first-order valence-electron chi connectivity index (χ1n) is 21.0. The third-order valence-electron chi connectivity index (χ3n) is 12.4. The molecular weight excluding hydrogens is 749 g/mol. The van der Waals surface area contributed by atoms with Gasteiger partial charge in [-0.3, -0.25) is 4.98 Å². The van der Waals surface area contributed by atoms with Gasteiger partial charge in [-0.05, 0) is 91.7 Å². The van der Waals surface area contributed by atoms with Gasteiger partial charge in [-0.1, -0.05) is 178 Å². The van der Waals surface area contributed by atoms with Crippen molar-refractivity contribution in [3.63, 3.8) is 0 Å². The van der Waals surface area contributed by atoms with Crippen LogP contribution in [-0.4, -0.2) is 15.1 Å². The van der Waals surface area contributed by atoms with Gasteiger partial charge in [0.25, 0.3) is 0 Å². The predicted octanol–water partition coefficient (Wildman–Crippen LogP) is 15.3. The number of thiazole rings is 1. The minimum absolute atomic E-state index is 0.104. The number of hydrogen-bond donors (Lipinski definition) is 1. The van der Waals surface area contributed by atoms with Crippen molar-refractivity contribution < 1.29 is 5.11 Å². The molecule has 0 bridgehead atoms. The van der Waals surface area contributed by atoms with Crippen LogP contribution in [0.2, 0.25) is 0 Å². The lowest BCUT2D eigenvalue weighted by atomic mass is 9.74. The SMILES string of the molecule is CC(C)(C)c1cc(-c2cc(-c3ccc(C(C)(C)c4ccccc4)cc3)ccn2)cc(-c2cccc3sc(-c4cc(C(C)(C)c5ccccc5)cc(C(C)(C)C)c4O)nc23)c1. The molecule has 1 N–H and O–H groups in total. The van der Waals surface area contributed by atoms with E-state index in [1.807, 2.05) is 6.20 Å². The first-order chi connectivity index (χ1) is 28.4. The molecule has 0 amide bonds. The minimum atomic E-state index is -0.288. The summed E-state index contributed by atoms with van der Waals surface area (Å²) in [5.74, 6) is 0.299. The van der Waals surface area contributed by atoms with Crippen LogP contribution in [0.4, 0.5) is 0 Å². The van der Waals surface area contributed by atoms with E-state index in [4.69, 9.17) is 9.97 Å². The van der Waals surface area contributed by atoms with Crippen molar-refractivity contribution in [3.8, 4) is 49.8 Å². The van der Waals surface area contributed by atoms with Gasteiger partial charge < -0.3 is 5.11 Å². The van der Waals surface area contributed by atoms with Crippen LogP contribution in [0.5, 0.6) is 5.75 Å². The van der Waals surface area contributed by atoms with Gasteiger partial charge in [0.1, 0.15) is 10.8 Å². The Morgan fingerprint density at radius 3 is 1.67 bits per heavy atom. The average Bonchev–Trinajstić information content (AvgIpc) is 3.68. The monoisotopic (exact) mass is 804 g/mol. The van der Waals surface area contributed by atoms with E-state index in [0.29, 0.717) is 5.75 Å². The van der Waals surface area contributed by atoms with E-state index in [1.54, 1.807) is 11.3 Å². The summed E-state index contributed by atoms with van der Waals surface area (Å²) in [5.41, 5.74) is 14.5. The average molecular weight is 805 g/mol. The molecule has 8 aromatic rings. The summed E-state index contributed by atoms with van der Waals surface area (Å²) < 4.78 is 1.08. The number of fused-ring (bicyclic) bond motifs is 1. The van der Waals surface area contributed by atoms with Gasteiger partial charge >= 0.3 is 0 Å². The number of phenolic OH excluding ortho intramolecular Hbond substituents is 1. The second-order valence-electron chi connectivity index (χ2n) is 19.4. The van der Waals surface area contributed by atoms with Crippen molar-refractivity contribution in [2.24, 2.45) is 0 Å². The zero-order valence-corrected chi connectivity index (χ0v) is 37.5. The smallest absolute Gasteiger partial charge is 0.129 e. The molecule has 0 spiro atoms. The molecule has 3 nitrogen and oxygen atoms in total. The Morgan fingerprint density at radius 2 is 1.05 bits per heavy atom. The van der Waals surface area contributed by atoms with Gasteiger partial charge in [-0.2, -0.15) is 0 Å². The molecule has 0 aliphatic rings. The molecule has 0 aliphatic carbocycles. The summed E-state index contributed by atoms with van der Waals surface area (Å²) in [5, 5.41) is 12.8. The second kappa shape index (κ2) is 15.3. The van der Waals surface area contributed by atoms with E-state index in [1.165, 1.54) is 22.3 Å². The van der Waals surface area contributed by atoms with Crippen LogP contribution in [0.1, 0.15) is 103 Å². The standard InChI is InChI=1S/C56H56N2OS/c1-53(2,3)43-31-38(30-39(32-43)48-33-37(28-29-57-48)36-24-26-42(27-25-36)55(7,8)40-18-13-11-14-19-40)45-22-17-23-49-50(45)58-52(60-49)46-34-44(35-47(51(46)59)54(4,5)6)56(9,10)41-20-15-12-16-21-41/h11-35,59H,1-10H3. The van der Waals surface area contributed by atoms with Crippen LogP contribution < -0.4 is 0 Å². The lowest BCUT2D eigenvalue weighted by Gasteiger charge is -2.30. The lowest BCUT2D eigenvalue weighted by molar-refractivity contribution is 0.447. The molecule has 4 heteroatoms. The number of nitrogens with zero attached hydrogens (tertiary/aromatic N) is 2. The van der Waals surface area contributed by atoms with Crippen LogP contribution in [0.25, 0.3) is 54.3 Å². The van der Waals surface area contributed by atoms with Crippen molar-refractivity contribution in [3.05, 3.63) is 185 Å². The van der Waals surface area contributed by atoms with Crippen molar-refractivity contribution in [1.82, 2.24) is 9.97 Å². The van der Waals surface area contributed by atoms with Crippen LogP contribution in [0.3, 0.4) is 0 Å². The molecular formula is C56H56N2OS. The molecule has 0 saturated carbocycles. The van der Waals surface area contributed by atoms with Crippen LogP contribution in [-0.2, 0) is 21.7 Å². The third kappa shape index (κ3) is 7.82. The van der Waals surface area contributed by atoms with Gasteiger partial charge in [-0.15, -0.1) is 11.3 Å². The van der Waals surface area contributed by atoms with Crippen molar-refractivity contribution in [2.45, 2.75) is 90.9 Å². The second-order valence-corrected chi connectivity index (χ2v) is 20.4. The number of pyridine rings is 1. The zero-order chi connectivity index (χ0) is 42.6. The normalized spacial score (nSPS) is 12.6. The maximum Gasteiger partial charge on any atom is 0.129 e. The summed E-state index contributed by atoms with van der Waals surface area (Å²) in [4.78, 5) is 10.3. The molecule has 0 unspecified atom stereocenters. The van der Waals surface area contributed by atoms with E-state index < -0.39 is 0 Å². The predicted molar refractivity (Wildman–Crippen MR) is 255 cm³/mol. The lowest BCUT2D eigenvalue weighted by Crippen LogP contribution is -2.21. The molecule has 0 radical (unpaired) electrons. The highest BCUT2D eigenvalue weighted by molar-refractivity contribution is 7.21. The van der Waals surface area contributed by atoms with E-state index in [2.05, 4.69) is 215 Å². The van der Waals surface area contributed by atoms with E-state index in [9.17, 15) is 5.11 Å². The first kappa shape index (κ1) is 40.9.